The van der Waals surface area contributed by atoms with Gasteiger partial charge in [-0.15, -0.1) is 0 Å². The summed E-state index contributed by atoms with van der Waals surface area (Å²) >= 11 is 0. The second-order valence-corrected chi connectivity index (χ2v) is 3.93. The Morgan fingerprint density at radius 3 is 2.14 bits per heavy atom. The van der Waals surface area contributed by atoms with Crippen LogP contribution in [0.1, 0.15) is 25.5 Å². The molecule has 0 saturated heterocycles. The van der Waals surface area contributed by atoms with Crippen LogP contribution in [-0.4, -0.2) is 17.8 Å². The van der Waals surface area contributed by atoms with Gasteiger partial charge in [0.2, 0.25) is 0 Å². The molecule has 78 valence electrons. The van der Waals surface area contributed by atoms with Gasteiger partial charge in [-0.1, -0.05) is 12.1 Å². The van der Waals surface area contributed by atoms with Gasteiger partial charge in [-0.3, -0.25) is 0 Å². The van der Waals surface area contributed by atoms with E-state index in [1.54, 1.807) is 33.0 Å². The summed E-state index contributed by atoms with van der Waals surface area (Å²) in [6.45, 7) is 3.44. The third kappa shape index (κ3) is 2.53. The molecule has 1 unspecified atom stereocenters. The molecule has 0 radical (unpaired) electrons. The molecule has 0 aliphatic rings. The Hall–Kier alpha value is -0.930. The Balaban J connectivity index is 2.96. The van der Waals surface area contributed by atoms with E-state index in [0.29, 0.717) is 0 Å². The van der Waals surface area contributed by atoms with E-state index in [-0.39, 0.29) is 11.9 Å². The van der Waals surface area contributed by atoms with Gasteiger partial charge in [0.05, 0.1) is 11.6 Å². The molecule has 0 spiro atoms. The molecule has 3 heteroatoms. The Bertz CT molecular complexity index is 289. The predicted octanol–water partition coefficient (Wildman–Crippen LogP) is 1.86. The fraction of sp³-hybridized carbons (Fsp3) is 0.455. The van der Waals surface area contributed by atoms with Crippen LogP contribution in [-0.2, 0) is 0 Å². The lowest BCUT2D eigenvalue weighted by atomic mass is 9.92. The van der Waals surface area contributed by atoms with Gasteiger partial charge in [0.25, 0.3) is 0 Å². The molecule has 0 aliphatic carbocycles. The average molecular weight is 197 g/mol. The first-order chi connectivity index (χ1) is 6.45. The third-order valence-corrected chi connectivity index (χ3v) is 2.20. The molecule has 0 heterocycles. The fourth-order valence-electron chi connectivity index (χ4n) is 1.58. The SMILES string of the molecule is CNC(c1ccc(F)cc1)C(C)(C)O. The lowest BCUT2D eigenvalue weighted by Crippen LogP contribution is -2.37. The van der Waals surface area contributed by atoms with Gasteiger partial charge in [0.1, 0.15) is 5.82 Å². The molecule has 1 aromatic carbocycles. The third-order valence-electron chi connectivity index (χ3n) is 2.20. The zero-order valence-electron chi connectivity index (χ0n) is 8.71. The minimum absolute atomic E-state index is 0.192. The molecule has 0 aromatic heterocycles. The van der Waals surface area contributed by atoms with Crippen LogP contribution in [0.5, 0.6) is 0 Å². The van der Waals surface area contributed by atoms with Crippen LogP contribution in [0.15, 0.2) is 24.3 Å². The van der Waals surface area contributed by atoms with E-state index < -0.39 is 5.60 Å². The molecular formula is C11H16FNO. The number of aliphatic hydroxyl groups is 1. The summed E-state index contributed by atoms with van der Waals surface area (Å²) in [5.41, 5.74) is 0.00782. The standard InChI is InChI=1S/C11H16FNO/c1-11(2,14)10(13-3)8-4-6-9(12)7-5-8/h4-7,10,13-14H,1-3H3. The molecule has 1 atom stereocenters. The van der Waals surface area contributed by atoms with Crippen LogP contribution in [0.4, 0.5) is 4.39 Å². The molecular weight excluding hydrogens is 181 g/mol. The lowest BCUT2D eigenvalue weighted by Gasteiger charge is -2.29. The minimum Gasteiger partial charge on any atom is -0.388 e. The maximum absolute atomic E-state index is 12.7. The van der Waals surface area contributed by atoms with E-state index in [9.17, 15) is 9.50 Å². The van der Waals surface area contributed by atoms with Gasteiger partial charge in [0, 0.05) is 0 Å². The van der Waals surface area contributed by atoms with Gasteiger partial charge < -0.3 is 10.4 Å². The van der Waals surface area contributed by atoms with E-state index in [1.807, 2.05) is 0 Å². The van der Waals surface area contributed by atoms with E-state index in [4.69, 9.17) is 0 Å². The number of hydrogen-bond acceptors (Lipinski definition) is 2. The smallest absolute Gasteiger partial charge is 0.123 e. The molecule has 0 fully saturated rings. The van der Waals surface area contributed by atoms with E-state index >= 15 is 0 Å². The maximum Gasteiger partial charge on any atom is 0.123 e. The molecule has 0 amide bonds. The van der Waals surface area contributed by atoms with E-state index in [2.05, 4.69) is 5.32 Å². The second-order valence-electron chi connectivity index (χ2n) is 3.93. The second kappa shape index (κ2) is 4.07. The van der Waals surface area contributed by atoms with Gasteiger partial charge in [-0.25, -0.2) is 4.39 Å². The van der Waals surface area contributed by atoms with Crippen molar-refractivity contribution in [3.8, 4) is 0 Å². The van der Waals surface area contributed by atoms with Crippen LogP contribution in [0.25, 0.3) is 0 Å². The monoisotopic (exact) mass is 197 g/mol. The van der Waals surface area contributed by atoms with Crippen LogP contribution >= 0.6 is 0 Å². The summed E-state index contributed by atoms with van der Waals surface area (Å²) < 4.78 is 12.7. The topological polar surface area (TPSA) is 32.3 Å². The molecule has 0 bridgehead atoms. The number of benzene rings is 1. The van der Waals surface area contributed by atoms with Crippen molar-refractivity contribution in [1.29, 1.82) is 0 Å². The number of likely N-dealkylation sites (N-methyl/N-ethyl adjacent to an activating group) is 1. The highest BCUT2D eigenvalue weighted by Gasteiger charge is 2.26. The van der Waals surface area contributed by atoms with Crippen molar-refractivity contribution in [2.75, 3.05) is 7.05 Å². The molecule has 14 heavy (non-hydrogen) atoms. The highest BCUT2D eigenvalue weighted by atomic mass is 19.1. The Kier molecular flexibility index (Phi) is 3.24. The Labute approximate surface area is 83.8 Å². The molecule has 2 nitrogen and oxygen atoms in total. The zero-order valence-corrected chi connectivity index (χ0v) is 8.71. The van der Waals surface area contributed by atoms with Gasteiger partial charge in [-0.05, 0) is 38.6 Å². The van der Waals surface area contributed by atoms with E-state index in [1.165, 1.54) is 12.1 Å². The summed E-state index contributed by atoms with van der Waals surface area (Å²) in [6, 6.07) is 5.95. The van der Waals surface area contributed by atoms with E-state index in [0.717, 1.165) is 5.56 Å². The van der Waals surface area contributed by atoms with Gasteiger partial charge >= 0.3 is 0 Å². The predicted molar refractivity (Wildman–Crippen MR) is 54.5 cm³/mol. The molecule has 0 saturated carbocycles. The number of rotatable bonds is 3. The first kappa shape index (κ1) is 11.1. The molecule has 2 N–H and O–H groups in total. The van der Waals surface area contributed by atoms with Crippen LogP contribution < -0.4 is 5.32 Å². The number of nitrogens with one attached hydrogen (secondary N) is 1. The lowest BCUT2D eigenvalue weighted by molar-refractivity contribution is 0.0400. The first-order valence-electron chi connectivity index (χ1n) is 4.60. The van der Waals surface area contributed by atoms with Gasteiger partial charge in [0.15, 0.2) is 0 Å². The average Bonchev–Trinajstić information content (AvgIpc) is 2.07. The maximum atomic E-state index is 12.7. The highest BCUT2D eigenvalue weighted by Crippen LogP contribution is 2.24. The summed E-state index contributed by atoms with van der Waals surface area (Å²) in [4.78, 5) is 0. The van der Waals surface area contributed by atoms with Crippen molar-refractivity contribution in [3.63, 3.8) is 0 Å². The van der Waals surface area contributed by atoms with Crippen LogP contribution in [0.3, 0.4) is 0 Å². The van der Waals surface area contributed by atoms with Crippen molar-refractivity contribution in [2.24, 2.45) is 0 Å². The Morgan fingerprint density at radius 1 is 1.29 bits per heavy atom. The largest absolute Gasteiger partial charge is 0.388 e. The summed E-state index contributed by atoms with van der Waals surface area (Å²) in [7, 11) is 1.77. The van der Waals surface area contributed by atoms with Gasteiger partial charge in [-0.2, -0.15) is 0 Å². The molecule has 1 rings (SSSR count). The summed E-state index contributed by atoms with van der Waals surface area (Å²) in [5.74, 6) is -0.264. The van der Waals surface area contributed by atoms with Crippen molar-refractivity contribution in [2.45, 2.75) is 25.5 Å². The Morgan fingerprint density at radius 2 is 1.79 bits per heavy atom. The van der Waals surface area contributed by atoms with Crippen molar-refractivity contribution in [1.82, 2.24) is 5.32 Å². The summed E-state index contributed by atoms with van der Waals surface area (Å²) in [6.07, 6.45) is 0. The van der Waals surface area contributed by atoms with Crippen molar-refractivity contribution < 1.29 is 9.50 Å². The van der Waals surface area contributed by atoms with Crippen molar-refractivity contribution >= 4 is 0 Å². The molecule has 0 aliphatic heterocycles. The minimum atomic E-state index is -0.868. The number of hydrogen-bond donors (Lipinski definition) is 2. The van der Waals surface area contributed by atoms with Crippen LogP contribution in [0, 0.1) is 5.82 Å². The first-order valence-corrected chi connectivity index (χ1v) is 4.60. The quantitative estimate of drug-likeness (QED) is 0.775. The fourth-order valence-corrected chi connectivity index (χ4v) is 1.58. The van der Waals surface area contributed by atoms with Crippen LogP contribution in [0.2, 0.25) is 0 Å². The zero-order chi connectivity index (χ0) is 10.8. The molecule has 1 aromatic rings. The normalized spacial score (nSPS) is 14.1. The summed E-state index contributed by atoms with van der Waals surface area (Å²) in [5, 5.41) is 12.8. The van der Waals surface area contributed by atoms with Crippen molar-refractivity contribution in [3.05, 3.63) is 35.6 Å². The highest BCUT2D eigenvalue weighted by molar-refractivity contribution is 5.22. The number of halogens is 1.